The van der Waals surface area contributed by atoms with Gasteiger partial charge in [0.25, 0.3) is 11.8 Å². The fraction of sp³-hybridized carbons (Fsp3) is 0.529. The SMILES string of the molecule is NC1(C(=O)NC(CCN2CCN(C(=O)CCOCCOCCOCCOCCOCCOc3cccc4c3C(=O)N(C3CCC(=O)NC3=O)C4=O)CC2)c2ccc(Cl)cc2)CCN(c2ncnc3[nH]ccc23)CC1. The van der Waals surface area contributed by atoms with Crippen molar-refractivity contribution in [1.29, 1.82) is 0 Å². The number of anilines is 1. The molecular formula is C51H65ClN10O12. The van der Waals surface area contributed by atoms with Gasteiger partial charge in [0.05, 0.1) is 101 Å². The largest absolute Gasteiger partial charge is 0.490 e. The maximum absolute atomic E-state index is 13.9. The van der Waals surface area contributed by atoms with Gasteiger partial charge in [-0.15, -0.1) is 0 Å². The Morgan fingerprint density at radius 2 is 1.43 bits per heavy atom. The first-order valence-electron chi connectivity index (χ1n) is 25.2. The van der Waals surface area contributed by atoms with E-state index in [0.717, 1.165) is 46.9 Å². The van der Waals surface area contributed by atoms with Crippen LogP contribution in [0, 0.1) is 0 Å². The van der Waals surface area contributed by atoms with Crippen molar-refractivity contribution in [2.24, 2.45) is 5.73 Å². The zero-order valence-electron chi connectivity index (χ0n) is 41.4. The third kappa shape index (κ3) is 14.0. The van der Waals surface area contributed by atoms with E-state index in [2.05, 4.69) is 35.4 Å². The molecule has 4 aliphatic rings. The van der Waals surface area contributed by atoms with E-state index in [1.807, 2.05) is 41.4 Å². The number of carbonyl (C=O) groups is 6. The van der Waals surface area contributed by atoms with E-state index >= 15 is 0 Å². The third-order valence-corrected chi connectivity index (χ3v) is 13.9. The van der Waals surface area contributed by atoms with Crippen LogP contribution in [0.5, 0.6) is 5.75 Å². The number of piperazine rings is 1. The molecule has 0 aliphatic carbocycles. The monoisotopic (exact) mass is 1040 g/mol. The first-order chi connectivity index (χ1) is 36.0. The summed E-state index contributed by atoms with van der Waals surface area (Å²) in [7, 11) is 0. The second kappa shape index (κ2) is 26.4. The summed E-state index contributed by atoms with van der Waals surface area (Å²) >= 11 is 6.23. The van der Waals surface area contributed by atoms with E-state index in [0.29, 0.717) is 110 Å². The van der Waals surface area contributed by atoms with Crippen LogP contribution in [-0.2, 0) is 42.9 Å². The minimum atomic E-state index is -1.05. The Bertz CT molecular complexity index is 2570. The average Bonchev–Trinajstić information content (AvgIpc) is 3.99. The maximum atomic E-state index is 13.9. The second-order valence-electron chi connectivity index (χ2n) is 18.5. The van der Waals surface area contributed by atoms with Gasteiger partial charge >= 0.3 is 0 Å². The number of H-pyrrole nitrogens is 1. The molecule has 2 unspecified atom stereocenters. The molecule has 4 aliphatic heterocycles. The Hall–Kier alpha value is -6.11. The summed E-state index contributed by atoms with van der Waals surface area (Å²) in [6, 6.07) is 12.9. The summed E-state index contributed by atoms with van der Waals surface area (Å²) in [5, 5.41) is 7.03. The van der Waals surface area contributed by atoms with Gasteiger partial charge < -0.3 is 54.3 Å². The number of rotatable bonds is 27. The van der Waals surface area contributed by atoms with Crippen LogP contribution in [0.15, 0.2) is 61.1 Å². The van der Waals surface area contributed by atoms with Crippen molar-refractivity contribution in [3.05, 3.63) is 82.8 Å². The molecule has 0 saturated carbocycles. The number of piperidine rings is 2. The van der Waals surface area contributed by atoms with Crippen molar-refractivity contribution in [2.75, 3.05) is 123 Å². The Balaban J connectivity index is 0.618. The van der Waals surface area contributed by atoms with E-state index in [9.17, 15) is 28.8 Å². The summed E-state index contributed by atoms with van der Waals surface area (Å²) in [6.45, 7) is 8.12. The van der Waals surface area contributed by atoms with Gasteiger partial charge in [-0.3, -0.25) is 43.9 Å². The van der Waals surface area contributed by atoms with Crippen LogP contribution in [-0.4, -0.2) is 195 Å². The Morgan fingerprint density at radius 3 is 2.09 bits per heavy atom. The summed E-state index contributed by atoms with van der Waals surface area (Å²) in [5.74, 6) is -1.41. The van der Waals surface area contributed by atoms with Crippen LogP contribution in [0.2, 0.25) is 5.02 Å². The molecule has 2 atom stereocenters. The lowest BCUT2D eigenvalue weighted by Gasteiger charge is -2.39. The van der Waals surface area contributed by atoms with Crippen molar-refractivity contribution in [3.8, 4) is 5.75 Å². The number of carbonyl (C=O) groups excluding carboxylic acids is 6. The number of nitrogens with one attached hydrogen (secondary N) is 3. The van der Waals surface area contributed by atoms with Crippen LogP contribution < -0.4 is 26.0 Å². The number of hydrogen-bond donors (Lipinski definition) is 4. The summed E-state index contributed by atoms with van der Waals surface area (Å²) in [4.78, 5) is 96.2. The van der Waals surface area contributed by atoms with Gasteiger partial charge in [-0.05, 0) is 61.6 Å². The van der Waals surface area contributed by atoms with Crippen molar-refractivity contribution < 1.29 is 57.2 Å². The molecule has 0 radical (unpaired) electrons. The molecule has 3 fully saturated rings. The average molecular weight is 1050 g/mol. The molecular weight excluding hydrogens is 980 g/mol. The maximum Gasteiger partial charge on any atom is 0.266 e. The standard InChI is InChI=1S/C51H65ClN10O12/c52-36-6-4-35(5-7-36)39(57-50(68)51(53)13-17-61(18-14-51)46-38-10-15-54-45(38)55-34-56-46)11-16-59-19-21-60(22-20-59)43(64)12-23-69-24-25-70-26-27-71-28-29-72-30-31-73-32-33-74-41-3-1-2-37-44(41)49(67)62(48(37)66)40-8-9-42(63)58-47(40)65/h1-7,10,15,34,39-40H,8-9,11-14,16-33,53H2,(H,57,68)(H,54,55,56)(H,58,63,65). The van der Waals surface area contributed by atoms with Gasteiger partial charge in [-0.1, -0.05) is 29.8 Å². The van der Waals surface area contributed by atoms with Gasteiger partial charge in [-0.25, -0.2) is 9.97 Å². The Labute approximate surface area is 433 Å². The molecule has 23 heteroatoms. The molecule has 74 heavy (non-hydrogen) atoms. The molecule has 2 aromatic carbocycles. The minimum Gasteiger partial charge on any atom is -0.490 e. The predicted octanol–water partition coefficient (Wildman–Crippen LogP) is 2.25. The van der Waals surface area contributed by atoms with Crippen LogP contribution in [0.3, 0.4) is 0 Å². The molecule has 6 amide bonds. The molecule has 3 saturated heterocycles. The number of halogens is 1. The topological polar surface area (TPSA) is 262 Å². The lowest BCUT2D eigenvalue weighted by Crippen LogP contribution is -2.60. The molecule has 8 rings (SSSR count). The molecule has 4 aromatic rings. The van der Waals surface area contributed by atoms with Crippen LogP contribution in [0.4, 0.5) is 5.82 Å². The van der Waals surface area contributed by atoms with E-state index in [4.69, 9.17) is 45.8 Å². The molecule has 0 bridgehead atoms. The van der Waals surface area contributed by atoms with Gasteiger partial charge in [0, 0.05) is 63.5 Å². The van der Waals surface area contributed by atoms with Gasteiger partial charge in [0.1, 0.15) is 36.2 Å². The van der Waals surface area contributed by atoms with Gasteiger partial charge in [-0.2, -0.15) is 0 Å². The first-order valence-corrected chi connectivity index (χ1v) is 25.6. The van der Waals surface area contributed by atoms with E-state index in [1.54, 1.807) is 18.5 Å². The predicted molar refractivity (Wildman–Crippen MR) is 270 cm³/mol. The highest BCUT2D eigenvalue weighted by Crippen LogP contribution is 2.34. The number of fused-ring (bicyclic) bond motifs is 2. The first kappa shape index (κ1) is 54.2. The van der Waals surface area contributed by atoms with Crippen LogP contribution in [0.1, 0.15) is 70.8 Å². The van der Waals surface area contributed by atoms with Gasteiger partial charge in [0.15, 0.2) is 0 Å². The summed E-state index contributed by atoms with van der Waals surface area (Å²) in [5.41, 5.74) is 7.75. The number of aromatic nitrogens is 3. The number of imide groups is 2. The number of nitrogens with two attached hydrogens (primary N) is 1. The molecule has 6 heterocycles. The van der Waals surface area contributed by atoms with Crippen molar-refractivity contribution in [1.82, 2.24) is 40.3 Å². The summed E-state index contributed by atoms with van der Waals surface area (Å²) < 4.78 is 33.7. The zero-order valence-corrected chi connectivity index (χ0v) is 42.2. The van der Waals surface area contributed by atoms with E-state index in [-0.39, 0.29) is 67.2 Å². The third-order valence-electron chi connectivity index (χ3n) is 13.6. The second-order valence-corrected chi connectivity index (χ2v) is 18.9. The number of nitrogens with zero attached hydrogens (tertiary/aromatic N) is 6. The minimum absolute atomic E-state index is 0.0388. The summed E-state index contributed by atoms with van der Waals surface area (Å²) in [6.07, 6.45) is 5.41. The molecule has 22 nitrogen and oxygen atoms in total. The number of benzene rings is 2. The Morgan fingerprint density at radius 1 is 0.784 bits per heavy atom. The normalized spacial score (nSPS) is 18.5. The number of aromatic amines is 1. The smallest absolute Gasteiger partial charge is 0.266 e. The highest BCUT2D eigenvalue weighted by molar-refractivity contribution is 6.30. The molecule has 398 valence electrons. The van der Waals surface area contributed by atoms with Gasteiger partial charge in [0.2, 0.25) is 23.6 Å². The zero-order chi connectivity index (χ0) is 51.9. The molecule has 5 N–H and O–H groups in total. The molecule has 2 aromatic heterocycles. The number of hydrogen-bond acceptors (Lipinski definition) is 17. The van der Waals surface area contributed by atoms with E-state index < -0.39 is 35.2 Å². The Kier molecular flexibility index (Phi) is 19.3. The molecule has 0 spiro atoms. The van der Waals surface area contributed by atoms with Crippen LogP contribution in [0.25, 0.3) is 11.0 Å². The van der Waals surface area contributed by atoms with E-state index in [1.165, 1.54) is 6.07 Å². The van der Waals surface area contributed by atoms with Crippen molar-refractivity contribution in [3.63, 3.8) is 0 Å². The fourth-order valence-electron chi connectivity index (χ4n) is 9.42. The van der Waals surface area contributed by atoms with Crippen LogP contribution >= 0.6 is 11.6 Å². The number of amides is 6. The highest BCUT2D eigenvalue weighted by atomic mass is 35.5. The quantitative estimate of drug-likeness (QED) is 0.0493. The fourth-order valence-corrected chi connectivity index (χ4v) is 9.55. The highest BCUT2D eigenvalue weighted by Gasteiger charge is 2.46. The van der Waals surface area contributed by atoms with Crippen molar-refractivity contribution >= 4 is 63.9 Å². The van der Waals surface area contributed by atoms with Crippen molar-refractivity contribution in [2.45, 2.75) is 56.1 Å². The lowest BCUT2D eigenvalue weighted by atomic mass is 9.87. The number of ether oxygens (including phenoxy) is 6. The lowest BCUT2D eigenvalue weighted by molar-refractivity contribution is -0.136.